The van der Waals surface area contributed by atoms with Gasteiger partial charge < -0.3 is 9.47 Å². The van der Waals surface area contributed by atoms with Crippen LogP contribution in [0.1, 0.15) is 33.5 Å². The molecule has 0 N–H and O–H groups in total. The highest BCUT2D eigenvalue weighted by atomic mass is 16.5. The Morgan fingerprint density at radius 2 is 1.70 bits per heavy atom. The van der Waals surface area contributed by atoms with Crippen LogP contribution in [0.3, 0.4) is 0 Å². The molecule has 120 valence electrons. The summed E-state index contributed by atoms with van der Waals surface area (Å²) in [5.74, 6) is -1.73. The summed E-state index contributed by atoms with van der Waals surface area (Å²) in [4.78, 5) is 36.3. The van der Waals surface area contributed by atoms with Crippen LogP contribution in [-0.2, 0) is 15.9 Å². The number of aromatic nitrogens is 2. The Kier molecular flexibility index (Phi) is 4.90. The molecule has 0 saturated carbocycles. The molecule has 0 saturated heterocycles. The number of benzene rings is 1. The second-order valence-corrected chi connectivity index (χ2v) is 4.58. The minimum atomic E-state index is -0.910. The van der Waals surface area contributed by atoms with Crippen molar-refractivity contribution in [1.82, 2.24) is 9.78 Å². The van der Waals surface area contributed by atoms with Gasteiger partial charge in [0.2, 0.25) is 11.1 Å². The van der Waals surface area contributed by atoms with Gasteiger partial charge in [0.25, 0.3) is 0 Å². The van der Waals surface area contributed by atoms with E-state index in [0.29, 0.717) is 17.8 Å². The van der Waals surface area contributed by atoms with E-state index in [9.17, 15) is 14.4 Å². The van der Waals surface area contributed by atoms with Gasteiger partial charge in [0.05, 0.1) is 25.6 Å². The minimum Gasteiger partial charge on any atom is -0.465 e. The molecule has 0 atom stereocenters. The van der Waals surface area contributed by atoms with Crippen molar-refractivity contribution < 1.29 is 19.1 Å². The number of para-hydroxylation sites is 1. The third-order valence-corrected chi connectivity index (χ3v) is 3.29. The van der Waals surface area contributed by atoms with Gasteiger partial charge in [0, 0.05) is 0 Å². The maximum absolute atomic E-state index is 12.5. The number of esters is 2. The molecule has 2 rings (SSSR count). The SMILES string of the molecule is CCc1c(C(=O)OC)c(=O)c(C(=O)OC)nn1-c1ccccc1. The molecule has 0 aliphatic carbocycles. The zero-order chi connectivity index (χ0) is 17.0. The van der Waals surface area contributed by atoms with E-state index < -0.39 is 23.1 Å². The topological polar surface area (TPSA) is 87.5 Å². The van der Waals surface area contributed by atoms with E-state index in [1.807, 2.05) is 6.07 Å². The van der Waals surface area contributed by atoms with Crippen molar-refractivity contribution in [3.05, 3.63) is 57.5 Å². The van der Waals surface area contributed by atoms with E-state index in [2.05, 4.69) is 14.6 Å². The van der Waals surface area contributed by atoms with Crippen LogP contribution in [0.5, 0.6) is 0 Å². The summed E-state index contributed by atoms with van der Waals surface area (Å²) in [6.45, 7) is 1.78. The van der Waals surface area contributed by atoms with Crippen LogP contribution in [0.25, 0.3) is 5.69 Å². The molecule has 0 aliphatic heterocycles. The van der Waals surface area contributed by atoms with Crippen LogP contribution >= 0.6 is 0 Å². The smallest absolute Gasteiger partial charge is 0.362 e. The fourth-order valence-electron chi connectivity index (χ4n) is 2.21. The van der Waals surface area contributed by atoms with Crippen LogP contribution in [-0.4, -0.2) is 35.9 Å². The molecule has 2 aromatic rings. The number of ether oxygens (including phenoxy) is 2. The Hall–Kier alpha value is -2.96. The number of nitrogens with zero attached hydrogens (tertiary/aromatic N) is 2. The van der Waals surface area contributed by atoms with E-state index in [1.54, 1.807) is 31.2 Å². The highest BCUT2D eigenvalue weighted by Crippen LogP contribution is 2.14. The van der Waals surface area contributed by atoms with Crippen molar-refractivity contribution in [1.29, 1.82) is 0 Å². The summed E-state index contributed by atoms with van der Waals surface area (Å²) in [5, 5.41) is 4.08. The van der Waals surface area contributed by atoms with Gasteiger partial charge in [-0.1, -0.05) is 25.1 Å². The molecule has 23 heavy (non-hydrogen) atoms. The average Bonchev–Trinajstić information content (AvgIpc) is 2.60. The highest BCUT2D eigenvalue weighted by molar-refractivity contribution is 5.94. The van der Waals surface area contributed by atoms with Crippen molar-refractivity contribution in [2.75, 3.05) is 14.2 Å². The fraction of sp³-hybridized carbons (Fsp3) is 0.250. The summed E-state index contributed by atoms with van der Waals surface area (Å²) < 4.78 is 10.7. The molecule has 0 fully saturated rings. The van der Waals surface area contributed by atoms with Crippen LogP contribution in [0.4, 0.5) is 0 Å². The quantitative estimate of drug-likeness (QED) is 0.792. The number of methoxy groups -OCH3 is 2. The molecule has 0 unspecified atom stereocenters. The number of hydrogen-bond donors (Lipinski definition) is 0. The molecule has 0 radical (unpaired) electrons. The first-order valence-corrected chi connectivity index (χ1v) is 6.93. The third-order valence-electron chi connectivity index (χ3n) is 3.29. The summed E-state index contributed by atoms with van der Waals surface area (Å²) >= 11 is 0. The standard InChI is InChI=1S/C16H16N2O5/c1-4-11-12(15(20)22-2)14(19)13(16(21)23-3)17-18(11)10-8-6-5-7-9-10/h5-9H,4H2,1-3H3. The summed E-state index contributed by atoms with van der Waals surface area (Å²) in [6, 6.07) is 8.88. The lowest BCUT2D eigenvalue weighted by atomic mass is 10.1. The maximum atomic E-state index is 12.5. The molecule has 1 heterocycles. The summed E-state index contributed by atoms with van der Waals surface area (Å²) in [6.07, 6.45) is 0.350. The summed E-state index contributed by atoms with van der Waals surface area (Å²) in [7, 11) is 2.31. The van der Waals surface area contributed by atoms with Gasteiger partial charge in [-0.2, -0.15) is 5.10 Å². The van der Waals surface area contributed by atoms with Crippen molar-refractivity contribution in [2.45, 2.75) is 13.3 Å². The maximum Gasteiger partial charge on any atom is 0.362 e. The van der Waals surface area contributed by atoms with Crippen LogP contribution < -0.4 is 5.43 Å². The predicted octanol–water partition coefficient (Wildman–Crippen LogP) is 1.37. The second-order valence-electron chi connectivity index (χ2n) is 4.58. The summed E-state index contributed by atoms with van der Waals surface area (Å²) in [5.41, 5.74) is -0.503. The average molecular weight is 316 g/mol. The molecular formula is C16H16N2O5. The zero-order valence-corrected chi connectivity index (χ0v) is 13.0. The zero-order valence-electron chi connectivity index (χ0n) is 13.0. The number of rotatable bonds is 4. The Morgan fingerprint density at radius 3 is 2.22 bits per heavy atom. The lowest BCUT2D eigenvalue weighted by molar-refractivity contribution is 0.0586. The number of carbonyl (C=O) groups is 2. The van der Waals surface area contributed by atoms with Gasteiger partial charge in [-0.3, -0.25) is 4.79 Å². The van der Waals surface area contributed by atoms with Gasteiger partial charge in [-0.05, 0) is 18.6 Å². The molecule has 0 spiro atoms. The van der Waals surface area contributed by atoms with Gasteiger partial charge in [-0.15, -0.1) is 0 Å². The van der Waals surface area contributed by atoms with Crippen molar-refractivity contribution in [3.8, 4) is 5.69 Å². The molecule has 0 amide bonds. The van der Waals surface area contributed by atoms with Crippen molar-refractivity contribution in [2.24, 2.45) is 0 Å². The first-order valence-electron chi connectivity index (χ1n) is 6.93. The third kappa shape index (κ3) is 2.98. The normalized spacial score (nSPS) is 10.2. The van der Waals surface area contributed by atoms with Crippen LogP contribution in [0, 0.1) is 0 Å². The van der Waals surface area contributed by atoms with Crippen LogP contribution in [0.2, 0.25) is 0 Å². The second kappa shape index (κ2) is 6.87. The molecule has 0 aliphatic rings. The first-order chi connectivity index (χ1) is 11.0. The molecular weight excluding hydrogens is 300 g/mol. The largest absolute Gasteiger partial charge is 0.465 e. The Balaban J connectivity index is 2.88. The highest BCUT2D eigenvalue weighted by Gasteiger charge is 2.26. The lowest BCUT2D eigenvalue weighted by Gasteiger charge is -2.15. The van der Waals surface area contributed by atoms with E-state index in [4.69, 9.17) is 0 Å². The lowest BCUT2D eigenvalue weighted by Crippen LogP contribution is -2.31. The first kappa shape index (κ1) is 16.4. The van der Waals surface area contributed by atoms with Crippen molar-refractivity contribution in [3.63, 3.8) is 0 Å². The molecule has 0 bridgehead atoms. The Morgan fingerprint density at radius 1 is 1.09 bits per heavy atom. The van der Waals surface area contributed by atoms with Gasteiger partial charge in [0.15, 0.2) is 0 Å². The van der Waals surface area contributed by atoms with Gasteiger partial charge in [-0.25, -0.2) is 14.3 Å². The fourth-order valence-corrected chi connectivity index (χ4v) is 2.21. The Bertz CT molecular complexity index is 796. The van der Waals surface area contributed by atoms with E-state index >= 15 is 0 Å². The molecule has 1 aromatic carbocycles. The number of hydrogen-bond acceptors (Lipinski definition) is 6. The molecule has 1 aromatic heterocycles. The minimum absolute atomic E-state index is 0.214. The Labute approximate surface area is 132 Å². The molecule has 7 heteroatoms. The monoisotopic (exact) mass is 316 g/mol. The molecule has 7 nitrogen and oxygen atoms in total. The van der Waals surface area contributed by atoms with Crippen LogP contribution in [0.15, 0.2) is 35.1 Å². The van der Waals surface area contributed by atoms with E-state index in [-0.39, 0.29) is 5.56 Å². The number of carbonyl (C=O) groups excluding carboxylic acids is 2. The van der Waals surface area contributed by atoms with Gasteiger partial charge >= 0.3 is 11.9 Å². The van der Waals surface area contributed by atoms with Gasteiger partial charge in [0.1, 0.15) is 5.56 Å². The van der Waals surface area contributed by atoms with E-state index in [0.717, 1.165) is 7.11 Å². The van der Waals surface area contributed by atoms with Crippen molar-refractivity contribution >= 4 is 11.9 Å². The van der Waals surface area contributed by atoms with E-state index in [1.165, 1.54) is 11.8 Å². The predicted molar refractivity (Wildman–Crippen MR) is 81.9 cm³/mol.